The van der Waals surface area contributed by atoms with Crippen molar-refractivity contribution < 1.29 is 4.79 Å². The third-order valence-corrected chi connectivity index (χ3v) is 1.94. The molecule has 0 aliphatic heterocycles. The van der Waals surface area contributed by atoms with Crippen LogP contribution in [0.3, 0.4) is 0 Å². The molecule has 1 N–H and O–H groups in total. The molecule has 0 aromatic carbocycles. The molecule has 1 aromatic heterocycles. The molecule has 1 unspecified atom stereocenters. The third-order valence-electron chi connectivity index (χ3n) is 1.53. The number of hydrogen-bond acceptors (Lipinski definition) is 2. The molecule has 4 heteroatoms. The second kappa shape index (κ2) is 4.37. The summed E-state index contributed by atoms with van der Waals surface area (Å²) in [7, 11) is 0. The smallest absolute Gasteiger partial charge is 0.237 e. The summed E-state index contributed by atoms with van der Waals surface area (Å²) in [5.41, 5.74) is 1.67. The minimum Gasteiger partial charge on any atom is -0.325 e. The Kier molecular flexibility index (Phi) is 3.42. The molecule has 1 rings (SSSR count). The number of anilines is 1. The van der Waals surface area contributed by atoms with Crippen molar-refractivity contribution in [2.45, 2.75) is 18.7 Å². The van der Waals surface area contributed by atoms with Gasteiger partial charge in [-0.05, 0) is 26.0 Å². The van der Waals surface area contributed by atoms with Crippen molar-refractivity contribution in [3.05, 3.63) is 24.0 Å². The van der Waals surface area contributed by atoms with E-state index in [4.69, 9.17) is 0 Å². The van der Waals surface area contributed by atoms with E-state index in [-0.39, 0.29) is 10.7 Å². The van der Waals surface area contributed by atoms with Gasteiger partial charge in [-0.25, -0.2) is 0 Å². The van der Waals surface area contributed by atoms with E-state index >= 15 is 0 Å². The molecule has 0 bridgehead atoms. The number of halogens is 1. The normalized spacial score (nSPS) is 12.2. The maximum Gasteiger partial charge on any atom is 0.237 e. The molecule has 13 heavy (non-hydrogen) atoms. The number of alkyl halides is 1. The van der Waals surface area contributed by atoms with Gasteiger partial charge in [0.05, 0.1) is 4.83 Å². The number of rotatable bonds is 2. The number of nitrogens with zero attached hydrogens (tertiary/aromatic N) is 1. The van der Waals surface area contributed by atoms with Gasteiger partial charge in [0.15, 0.2) is 0 Å². The number of carbonyl (C=O) groups excluding carboxylic acids is 1. The summed E-state index contributed by atoms with van der Waals surface area (Å²) in [5.74, 6) is -0.0504. The van der Waals surface area contributed by atoms with Crippen molar-refractivity contribution in [2.75, 3.05) is 5.32 Å². The van der Waals surface area contributed by atoms with E-state index in [0.29, 0.717) is 0 Å². The predicted octanol–water partition coefficient (Wildman–Crippen LogP) is 2.11. The fraction of sp³-hybridized carbons (Fsp3) is 0.333. The second-order valence-electron chi connectivity index (χ2n) is 2.79. The van der Waals surface area contributed by atoms with Gasteiger partial charge in [-0.3, -0.25) is 9.78 Å². The van der Waals surface area contributed by atoms with Crippen LogP contribution in [-0.2, 0) is 4.79 Å². The number of carbonyl (C=O) groups is 1. The van der Waals surface area contributed by atoms with Crippen LogP contribution in [0.1, 0.15) is 12.6 Å². The largest absolute Gasteiger partial charge is 0.325 e. The average molecular weight is 243 g/mol. The van der Waals surface area contributed by atoms with Crippen molar-refractivity contribution in [1.29, 1.82) is 0 Å². The first-order valence-electron chi connectivity index (χ1n) is 3.97. The first kappa shape index (κ1) is 10.2. The monoisotopic (exact) mass is 242 g/mol. The predicted molar refractivity (Wildman–Crippen MR) is 56.0 cm³/mol. The van der Waals surface area contributed by atoms with E-state index in [1.165, 1.54) is 0 Å². The van der Waals surface area contributed by atoms with E-state index in [2.05, 4.69) is 26.2 Å². The fourth-order valence-electron chi connectivity index (χ4n) is 0.865. The zero-order valence-electron chi connectivity index (χ0n) is 7.54. The molecule has 1 heterocycles. The Morgan fingerprint density at radius 2 is 2.38 bits per heavy atom. The van der Waals surface area contributed by atoms with Gasteiger partial charge in [-0.15, -0.1) is 0 Å². The first-order valence-corrected chi connectivity index (χ1v) is 4.89. The van der Waals surface area contributed by atoms with Crippen molar-refractivity contribution in [1.82, 2.24) is 4.98 Å². The highest BCUT2D eigenvalue weighted by Crippen LogP contribution is 2.09. The molecule has 1 aromatic rings. The maximum atomic E-state index is 11.2. The van der Waals surface area contributed by atoms with Crippen molar-refractivity contribution >= 4 is 27.5 Å². The van der Waals surface area contributed by atoms with Crippen LogP contribution in [-0.4, -0.2) is 15.7 Å². The van der Waals surface area contributed by atoms with Gasteiger partial charge in [-0.2, -0.15) is 0 Å². The van der Waals surface area contributed by atoms with Gasteiger partial charge in [-0.1, -0.05) is 15.9 Å². The topological polar surface area (TPSA) is 42.0 Å². The summed E-state index contributed by atoms with van der Waals surface area (Å²) in [6, 6.07) is 3.59. The lowest BCUT2D eigenvalue weighted by molar-refractivity contribution is -0.115. The SMILES string of the molecule is Cc1cc(NC(=O)C(C)Br)ccn1. The fourth-order valence-corrected chi connectivity index (χ4v) is 0.979. The van der Waals surface area contributed by atoms with Crippen molar-refractivity contribution in [3.8, 4) is 0 Å². The standard InChI is InChI=1S/C9H11BrN2O/c1-6-5-8(3-4-11-6)12-9(13)7(2)10/h3-5,7H,1-2H3,(H,11,12,13). The highest BCUT2D eigenvalue weighted by atomic mass is 79.9. The van der Waals surface area contributed by atoms with Crippen LogP contribution in [0.25, 0.3) is 0 Å². The Labute approximate surface area is 85.7 Å². The molecule has 0 saturated heterocycles. The van der Waals surface area contributed by atoms with Crippen LogP contribution in [0.5, 0.6) is 0 Å². The van der Waals surface area contributed by atoms with Crippen LogP contribution in [0.15, 0.2) is 18.3 Å². The highest BCUT2D eigenvalue weighted by molar-refractivity contribution is 9.10. The van der Waals surface area contributed by atoms with Gasteiger partial charge >= 0.3 is 0 Å². The van der Waals surface area contributed by atoms with Gasteiger partial charge in [0.1, 0.15) is 0 Å². The van der Waals surface area contributed by atoms with Crippen molar-refractivity contribution in [2.24, 2.45) is 0 Å². The molecule has 0 radical (unpaired) electrons. The van der Waals surface area contributed by atoms with E-state index in [9.17, 15) is 4.79 Å². The zero-order valence-corrected chi connectivity index (χ0v) is 9.13. The number of aryl methyl sites for hydroxylation is 1. The Morgan fingerprint density at radius 1 is 1.69 bits per heavy atom. The second-order valence-corrected chi connectivity index (χ2v) is 4.16. The molecule has 1 amide bonds. The van der Waals surface area contributed by atoms with E-state index < -0.39 is 0 Å². The third kappa shape index (κ3) is 3.14. The van der Waals surface area contributed by atoms with E-state index in [0.717, 1.165) is 11.4 Å². The van der Waals surface area contributed by atoms with Crippen LogP contribution in [0.4, 0.5) is 5.69 Å². The molecule has 0 spiro atoms. The summed E-state index contributed by atoms with van der Waals surface area (Å²) in [6.07, 6.45) is 1.67. The minimum atomic E-state index is -0.180. The number of amides is 1. The van der Waals surface area contributed by atoms with Crippen LogP contribution < -0.4 is 5.32 Å². The molecule has 0 saturated carbocycles. The maximum absolute atomic E-state index is 11.2. The highest BCUT2D eigenvalue weighted by Gasteiger charge is 2.08. The van der Waals surface area contributed by atoms with Crippen molar-refractivity contribution in [3.63, 3.8) is 0 Å². The van der Waals surface area contributed by atoms with Gasteiger partial charge in [0, 0.05) is 17.6 Å². The van der Waals surface area contributed by atoms with Crippen LogP contribution in [0, 0.1) is 6.92 Å². The summed E-state index contributed by atoms with van der Waals surface area (Å²) < 4.78 is 0. The van der Waals surface area contributed by atoms with E-state index in [1.807, 2.05) is 13.0 Å². The van der Waals surface area contributed by atoms with Crippen LogP contribution in [0.2, 0.25) is 0 Å². The Hall–Kier alpha value is -0.900. The molecular weight excluding hydrogens is 232 g/mol. The molecule has 0 fully saturated rings. The lowest BCUT2D eigenvalue weighted by atomic mass is 10.3. The average Bonchev–Trinajstić information content (AvgIpc) is 2.04. The zero-order chi connectivity index (χ0) is 9.84. The molecule has 1 atom stereocenters. The van der Waals surface area contributed by atoms with Gasteiger partial charge < -0.3 is 5.32 Å². The molecule has 3 nitrogen and oxygen atoms in total. The number of pyridine rings is 1. The van der Waals surface area contributed by atoms with E-state index in [1.54, 1.807) is 19.2 Å². The summed E-state index contributed by atoms with van der Waals surface area (Å²) in [6.45, 7) is 3.66. The first-order chi connectivity index (χ1) is 6.09. The quantitative estimate of drug-likeness (QED) is 0.808. The lowest BCUT2D eigenvalue weighted by Crippen LogP contribution is -2.19. The Bertz CT molecular complexity index is 312. The van der Waals surface area contributed by atoms with Crippen LogP contribution >= 0.6 is 15.9 Å². The summed E-state index contributed by atoms with van der Waals surface area (Å²) >= 11 is 3.19. The molecule has 0 aliphatic rings. The molecule has 70 valence electrons. The minimum absolute atomic E-state index is 0.0504. The number of hydrogen-bond donors (Lipinski definition) is 1. The Balaban J connectivity index is 2.69. The van der Waals surface area contributed by atoms with Gasteiger partial charge in [0.2, 0.25) is 5.91 Å². The Morgan fingerprint density at radius 3 is 2.92 bits per heavy atom. The lowest BCUT2D eigenvalue weighted by Gasteiger charge is -2.06. The number of nitrogens with one attached hydrogen (secondary N) is 1. The van der Waals surface area contributed by atoms with Gasteiger partial charge in [0.25, 0.3) is 0 Å². The summed E-state index contributed by atoms with van der Waals surface area (Å²) in [4.78, 5) is 15.1. The number of aromatic nitrogens is 1. The molecular formula is C9H11BrN2O. The summed E-state index contributed by atoms with van der Waals surface area (Å²) in [5, 5.41) is 2.76. The molecule has 0 aliphatic carbocycles.